The highest BCUT2D eigenvalue weighted by Gasteiger charge is 2.30. The van der Waals surface area contributed by atoms with Gasteiger partial charge in [0.2, 0.25) is 15.9 Å². The molecule has 0 spiro atoms. The van der Waals surface area contributed by atoms with Crippen molar-refractivity contribution in [3.05, 3.63) is 54.6 Å². The zero-order chi connectivity index (χ0) is 20.2. The van der Waals surface area contributed by atoms with Crippen LogP contribution in [0.4, 0.5) is 5.69 Å². The van der Waals surface area contributed by atoms with Gasteiger partial charge in [0.25, 0.3) is 0 Å². The molecule has 0 aromatic heterocycles. The average molecular weight is 391 g/mol. The number of hydrogen-bond donors (Lipinski definition) is 1. The van der Waals surface area contributed by atoms with Crippen LogP contribution in [-0.4, -0.2) is 32.2 Å². The maximum Gasteiger partial charge on any atom is 0.244 e. The Morgan fingerprint density at radius 3 is 2.00 bits per heavy atom. The lowest BCUT2D eigenvalue weighted by atomic mass is 10.1. The molecule has 2 aromatic carbocycles. The van der Waals surface area contributed by atoms with Crippen molar-refractivity contribution < 1.29 is 17.9 Å². The largest absolute Gasteiger partial charge is 0.457 e. The summed E-state index contributed by atoms with van der Waals surface area (Å²) in [4.78, 5) is 12.5. The van der Waals surface area contributed by atoms with Crippen molar-refractivity contribution >= 4 is 21.6 Å². The van der Waals surface area contributed by atoms with E-state index in [1.165, 1.54) is 0 Å². The van der Waals surface area contributed by atoms with Gasteiger partial charge in [0.15, 0.2) is 0 Å². The number of sulfonamides is 1. The van der Waals surface area contributed by atoms with E-state index in [0.717, 1.165) is 10.6 Å². The molecule has 0 heterocycles. The SMILES string of the molecule is C[C@H](C(=O)NC(C)(C)C)N(c1ccc(Oc2ccccc2)cc1)S(C)(=O)=O. The van der Waals surface area contributed by atoms with Crippen LogP contribution in [0.15, 0.2) is 54.6 Å². The molecule has 0 unspecified atom stereocenters. The van der Waals surface area contributed by atoms with E-state index in [1.807, 2.05) is 51.1 Å². The summed E-state index contributed by atoms with van der Waals surface area (Å²) < 4.78 is 31.5. The van der Waals surface area contributed by atoms with Gasteiger partial charge in [-0.15, -0.1) is 0 Å². The third-order valence-corrected chi connectivity index (χ3v) is 4.90. The highest BCUT2D eigenvalue weighted by Crippen LogP contribution is 2.27. The topological polar surface area (TPSA) is 75.7 Å². The fraction of sp³-hybridized carbons (Fsp3) is 0.350. The Morgan fingerprint density at radius 2 is 1.52 bits per heavy atom. The number of benzene rings is 2. The Kier molecular flexibility index (Phi) is 6.15. The van der Waals surface area contributed by atoms with Crippen LogP contribution in [0.5, 0.6) is 11.5 Å². The fourth-order valence-electron chi connectivity index (χ4n) is 2.57. The molecule has 0 saturated heterocycles. The highest BCUT2D eigenvalue weighted by molar-refractivity contribution is 7.92. The van der Waals surface area contributed by atoms with Gasteiger partial charge in [-0.2, -0.15) is 0 Å². The van der Waals surface area contributed by atoms with Crippen LogP contribution in [0, 0.1) is 0 Å². The molecule has 0 aliphatic carbocycles. The fourth-order valence-corrected chi connectivity index (χ4v) is 3.74. The Labute approximate surface area is 161 Å². The van der Waals surface area contributed by atoms with Crippen LogP contribution < -0.4 is 14.4 Å². The number of amides is 1. The standard InChI is InChI=1S/C20H26N2O4S/c1-15(19(23)21-20(2,3)4)22(27(5,24)25)16-11-13-18(14-12-16)26-17-9-7-6-8-10-17/h6-15H,1-5H3,(H,21,23)/t15-/m1/s1. The Bertz CT molecular complexity index is 872. The normalized spacial score (nSPS) is 12.9. The number of nitrogens with zero attached hydrogens (tertiary/aromatic N) is 1. The van der Waals surface area contributed by atoms with Crippen molar-refractivity contribution in [3.8, 4) is 11.5 Å². The van der Waals surface area contributed by atoms with E-state index in [9.17, 15) is 13.2 Å². The van der Waals surface area contributed by atoms with Crippen LogP contribution in [0.25, 0.3) is 0 Å². The molecular weight excluding hydrogens is 364 g/mol. The number of rotatable bonds is 6. The molecule has 0 bridgehead atoms. The first-order valence-corrected chi connectivity index (χ1v) is 10.5. The van der Waals surface area contributed by atoms with Gasteiger partial charge in [-0.3, -0.25) is 9.10 Å². The zero-order valence-corrected chi connectivity index (χ0v) is 17.1. The van der Waals surface area contributed by atoms with Gasteiger partial charge in [-0.05, 0) is 64.1 Å². The first-order chi connectivity index (χ1) is 12.5. The summed E-state index contributed by atoms with van der Waals surface area (Å²) in [5.41, 5.74) is -0.0588. The number of nitrogens with one attached hydrogen (secondary N) is 1. The van der Waals surface area contributed by atoms with Crippen molar-refractivity contribution in [2.45, 2.75) is 39.3 Å². The molecular formula is C20H26N2O4S. The predicted octanol–water partition coefficient (Wildman–Crippen LogP) is 3.55. The monoisotopic (exact) mass is 390 g/mol. The lowest BCUT2D eigenvalue weighted by Gasteiger charge is -2.31. The lowest BCUT2D eigenvalue weighted by Crippen LogP contribution is -2.52. The summed E-state index contributed by atoms with van der Waals surface area (Å²) in [5, 5.41) is 2.82. The Morgan fingerprint density at radius 1 is 1.00 bits per heavy atom. The molecule has 1 atom stereocenters. The third kappa shape index (κ3) is 5.99. The van der Waals surface area contributed by atoms with Gasteiger partial charge in [0.1, 0.15) is 17.5 Å². The van der Waals surface area contributed by atoms with Gasteiger partial charge in [-0.25, -0.2) is 8.42 Å². The molecule has 1 amide bonds. The smallest absolute Gasteiger partial charge is 0.244 e. The van der Waals surface area contributed by atoms with E-state index >= 15 is 0 Å². The van der Waals surface area contributed by atoms with Crippen molar-refractivity contribution in [2.24, 2.45) is 0 Å². The summed E-state index contributed by atoms with van der Waals surface area (Å²) in [6.45, 7) is 7.10. The minimum Gasteiger partial charge on any atom is -0.457 e. The molecule has 0 aliphatic rings. The van der Waals surface area contributed by atoms with E-state index < -0.39 is 21.6 Å². The first kappa shape index (κ1) is 20.8. The van der Waals surface area contributed by atoms with Crippen LogP contribution in [0.3, 0.4) is 0 Å². The second kappa shape index (κ2) is 8.00. The minimum atomic E-state index is -3.66. The molecule has 6 nitrogen and oxygen atoms in total. The molecule has 1 N–H and O–H groups in total. The number of carbonyl (C=O) groups is 1. The predicted molar refractivity (Wildman–Crippen MR) is 108 cm³/mol. The van der Waals surface area contributed by atoms with E-state index in [0.29, 0.717) is 17.2 Å². The summed E-state index contributed by atoms with van der Waals surface area (Å²) in [6.07, 6.45) is 1.09. The number of anilines is 1. The summed E-state index contributed by atoms with van der Waals surface area (Å²) in [7, 11) is -3.66. The minimum absolute atomic E-state index is 0.363. The van der Waals surface area contributed by atoms with E-state index in [4.69, 9.17) is 4.74 Å². The highest BCUT2D eigenvalue weighted by atomic mass is 32.2. The zero-order valence-electron chi connectivity index (χ0n) is 16.3. The number of hydrogen-bond acceptors (Lipinski definition) is 4. The summed E-state index contributed by atoms with van der Waals surface area (Å²) in [5.74, 6) is 0.894. The Balaban J connectivity index is 2.25. The molecule has 0 aliphatic heterocycles. The molecule has 0 fully saturated rings. The molecule has 0 radical (unpaired) electrons. The Hall–Kier alpha value is -2.54. The quantitative estimate of drug-likeness (QED) is 0.818. The summed E-state index contributed by atoms with van der Waals surface area (Å²) >= 11 is 0. The van der Waals surface area contributed by atoms with Gasteiger partial charge in [-0.1, -0.05) is 18.2 Å². The lowest BCUT2D eigenvalue weighted by molar-refractivity contribution is -0.123. The van der Waals surface area contributed by atoms with Crippen molar-refractivity contribution in [1.82, 2.24) is 5.32 Å². The van der Waals surface area contributed by atoms with Crippen LogP contribution in [-0.2, 0) is 14.8 Å². The summed E-state index contributed by atoms with van der Waals surface area (Å²) in [6, 6.07) is 15.0. The van der Waals surface area contributed by atoms with E-state index in [2.05, 4.69) is 5.32 Å². The average Bonchev–Trinajstić information content (AvgIpc) is 2.55. The number of carbonyl (C=O) groups excluding carboxylic acids is 1. The van der Waals surface area contributed by atoms with Gasteiger partial charge < -0.3 is 10.1 Å². The second-order valence-electron chi connectivity index (χ2n) is 7.38. The van der Waals surface area contributed by atoms with Crippen LogP contribution in [0.1, 0.15) is 27.7 Å². The maximum absolute atomic E-state index is 12.5. The molecule has 2 aromatic rings. The van der Waals surface area contributed by atoms with Gasteiger partial charge in [0.05, 0.1) is 11.9 Å². The van der Waals surface area contributed by atoms with Crippen LogP contribution in [0.2, 0.25) is 0 Å². The van der Waals surface area contributed by atoms with Crippen molar-refractivity contribution in [2.75, 3.05) is 10.6 Å². The second-order valence-corrected chi connectivity index (χ2v) is 9.24. The molecule has 2 rings (SSSR count). The number of para-hydroxylation sites is 1. The molecule has 0 saturated carbocycles. The van der Waals surface area contributed by atoms with Crippen molar-refractivity contribution in [3.63, 3.8) is 0 Å². The third-order valence-electron chi connectivity index (χ3n) is 3.66. The van der Waals surface area contributed by atoms with E-state index in [1.54, 1.807) is 31.2 Å². The maximum atomic E-state index is 12.5. The first-order valence-electron chi connectivity index (χ1n) is 8.62. The molecule has 146 valence electrons. The van der Waals surface area contributed by atoms with Gasteiger partial charge in [0, 0.05) is 5.54 Å². The molecule has 27 heavy (non-hydrogen) atoms. The van der Waals surface area contributed by atoms with Crippen molar-refractivity contribution in [1.29, 1.82) is 0 Å². The van der Waals surface area contributed by atoms with Gasteiger partial charge >= 0.3 is 0 Å². The van der Waals surface area contributed by atoms with E-state index in [-0.39, 0.29) is 5.91 Å². The van der Waals surface area contributed by atoms with Crippen LogP contribution >= 0.6 is 0 Å². The molecule has 7 heteroatoms. The number of ether oxygens (including phenoxy) is 1.